The highest BCUT2D eigenvalue weighted by Gasteiger charge is 2.34. The van der Waals surface area contributed by atoms with Crippen LogP contribution in [0.25, 0.3) is 0 Å². The van der Waals surface area contributed by atoms with Gasteiger partial charge in [0.1, 0.15) is 0 Å². The second-order valence-corrected chi connectivity index (χ2v) is 11.5. The molecular formula is C24H29Cl2N3O3S. The first-order valence-electron chi connectivity index (χ1n) is 11.3. The summed E-state index contributed by atoms with van der Waals surface area (Å²) in [6.45, 7) is 4.80. The van der Waals surface area contributed by atoms with Gasteiger partial charge in [-0.3, -0.25) is 9.69 Å². The molecule has 0 bridgehead atoms. The summed E-state index contributed by atoms with van der Waals surface area (Å²) >= 11 is 11.9. The molecule has 2 saturated heterocycles. The van der Waals surface area contributed by atoms with Crippen LogP contribution in [-0.4, -0.2) is 67.7 Å². The Bertz CT molecular complexity index is 1070. The molecule has 0 unspecified atom stereocenters. The molecule has 2 aliphatic heterocycles. The average molecular weight is 510 g/mol. The van der Waals surface area contributed by atoms with Crippen LogP contribution < -0.4 is 0 Å². The van der Waals surface area contributed by atoms with E-state index in [0.29, 0.717) is 41.5 Å². The largest absolute Gasteiger partial charge is 0.340 e. The van der Waals surface area contributed by atoms with Crippen molar-refractivity contribution in [2.24, 2.45) is 5.92 Å². The van der Waals surface area contributed by atoms with E-state index in [0.717, 1.165) is 32.7 Å². The molecule has 4 rings (SSSR count). The number of piperazine rings is 1. The fourth-order valence-electron chi connectivity index (χ4n) is 4.54. The van der Waals surface area contributed by atoms with Crippen molar-refractivity contribution in [1.29, 1.82) is 0 Å². The van der Waals surface area contributed by atoms with E-state index in [-0.39, 0.29) is 17.6 Å². The molecule has 0 spiro atoms. The van der Waals surface area contributed by atoms with Gasteiger partial charge >= 0.3 is 0 Å². The molecule has 0 saturated carbocycles. The van der Waals surface area contributed by atoms with E-state index in [9.17, 15) is 13.2 Å². The molecule has 9 heteroatoms. The number of halogens is 2. The highest BCUT2D eigenvalue weighted by Crippen LogP contribution is 2.27. The fourth-order valence-corrected chi connectivity index (χ4v) is 6.41. The quantitative estimate of drug-likeness (QED) is 0.592. The number of hydrogen-bond acceptors (Lipinski definition) is 4. The number of hydrogen-bond donors (Lipinski definition) is 0. The Morgan fingerprint density at radius 3 is 2.15 bits per heavy atom. The Hall–Kier alpha value is -1.64. The molecule has 2 aromatic carbocycles. The number of carbonyl (C=O) groups excluding carboxylic acids is 1. The molecular weight excluding hydrogens is 481 g/mol. The number of nitrogens with zero attached hydrogens (tertiary/aromatic N) is 3. The first kappa shape index (κ1) is 24.5. The van der Waals surface area contributed by atoms with Crippen LogP contribution in [0.5, 0.6) is 0 Å². The van der Waals surface area contributed by atoms with Crippen LogP contribution in [0, 0.1) is 5.92 Å². The lowest BCUT2D eigenvalue weighted by atomic mass is 9.96. The standard InChI is InChI=1S/C24H29Cl2N3O3S/c25-22-7-6-20(16-23(22)26)18-33(31,32)29-10-8-21(9-11-29)24(30)28-14-12-27(13-15-28)17-19-4-2-1-3-5-19/h1-7,16,21H,8-15,17-18H2. The van der Waals surface area contributed by atoms with Gasteiger partial charge in [0.05, 0.1) is 15.8 Å². The third-order valence-corrected chi connectivity index (χ3v) is 9.05. The zero-order valence-electron chi connectivity index (χ0n) is 18.5. The third-order valence-electron chi connectivity index (χ3n) is 6.46. The first-order valence-corrected chi connectivity index (χ1v) is 13.6. The van der Waals surface area contributed by atoms with Gasteiger partial charge in [0.25, 0.3) is 0 Å². The van der Waals surface area contributed by atoms with Gasteiger partial charge in [0.15, 0.2) is 0 Å². The number of rotatable bonds is 6. The van der Waals surface area contributed by atoms with Crippen LogP contribution >= 0.6 is 23.2 Å². The molecule has 0 radical (unpaired) electrons. The number of benzene rings is 2. The maximum Gasteiger partial charge on any atom is 0.225 e. The molecule has 33 heavy (non-hydrogen) atoms. The highest BCUT2D eigenvalue weighted by atomic mass is 35.5. The normalized spacial score (nSPS) is 19.0. The van der Waals surface area contributed by atoms with Crippen LogP contribution in [0.4, 0.5) is 0 Å². The van der Waals surface area contributed by atoms with Crippen LogP contribution in [0.3, 0.4) is 0 Å². The van der Waals surface area contributed by atoms with Gasteiger partial charge in [-0.05, 0) is 36.1 Å². The maximum atomic E-state index is 13.0. The Labute approximate surface area is 206 Å². The van der Waals surface area contributed by atoms with Crippen LogP contribution in [0.1, 0.15) is 24.0 Å². The van der Waals surface area contributed by atoms with E-state index in [1.165, 1.54) is 9.87 Å². The van der Waals surface area contributed by atoms with E-state index < -0.39 is 10.0 Å². The number of piperidine rings is 1. The molecule has 2 heterocycles. The topological polar surface area (TPSA) is 60.9 Å². The van der Waals surface area contributed by atoms with Gasteiger partial charge in [-0.2, -0.15) is 0 Å². The average Bonchev–Trinajstić information content (AvgIpc) is 2.82. The SMILES string of the molecule is O=C(C1CCN(S(=O)(=O)Cc2ccc(Cl)c(Cl)c2)CC1)N1CCN(Cc2ccccc2)CC1. The second-order valence-electron chi connectivity index (χ2n) is 8.77. The minimum Gasteiger partial charge on any atom is -0.340 e. The molecule has 0 aromatic heterocycles. The second kappa shape index (κ2) is 10.7. The van der Waals surface area contributed by atoms with Crippen molar-refractivity contribution in [3.05, 3.63) is 69.7 Å². The van der Waals surface area contributed by atoms with E-state index in [1.807, 2.05) is 23.1 Å². The van der Waals surface area contributed by atoms with Crippen molar-refractivity contribution < 1.29 is 13.2 Å². The Morgan fingerprint density at radius 2 is 1.52 bits per heavy atom. The lowest BCUT2D eigenvalue weighted by Crippen LogP contribution is -2.51. The van der Waals surface area contributed by atoms with Gasteiger partial charge in [-0.25, -0.2) is 12.7 Å². The van der Waals surface area contributed by atoms with Crippen molar-refractivity contribution in [1.82, 2.24) is 14.1 Å². The van der Waals surface area contributed by atoms with Crippen molar-refractivity contribution in [2.45, 2.75) is 25.1 Å². The van der Waals surface area contributed by atoms with E-state index in [4.69, 9.17) is 23.2 Å². The summed E-state index contributed by atoms with van der Waals surface area (Å²) in [6.07, 6.45) is 1.12. The predicted molar refractivity (Wildman–Crippen MR) is 132 cm³/mol. The lowest BCUT2D eigenvalue weighted by molar-refractivity contribution is -0.138. The third kappa shape index (κ3) is 6.28. The van der Waals surface area contributed by atoms with Crippen LogP contribution in [-0.2, 0) is 27.1 Å². The predicted octanol–water partition coefficient (Wildman–Crippen LogP) is 3.88. The molecule has 2 aliphatic rings. The first-order chi connectivity index (χ1) is 15.8. The minimum absolute atomic E-state index is 0.109. The Kier molecular flexibility index (Phi) is 7.97. The Balaban J connectivity index is 1.25. The van der Waals surface area contributed by atoms with Gasteiger partial charge in [0, 0.05) is 51.7 Å². The monoisotopic (exact) mass is 509 g/mol. The number of amides is 1. The molecule has 0 aliphatic carbocycles. The smallest absolute Gasteiger partial charge is 0.225 e. The van der Waals surface area contributed by atoms with Gasteiger partial charge < -0.3 is 4.90 Å². The maximum absolute atomic E-state index is 13.0. The van der Waals surface area contributed by atoms with E-state index >= 15 is 0 Å². The summed E-state index contributed by atoms with van der Waals surface area (Å²) in [5.41, 5.74) is 1.89. The van der Waals surface area contributed by atoms with E-state index in [1.54, 1.807) is 18.2 Å². The van der Waals surface area contributed by atoms with Gasteiger partial charge in [-0.1, -0.05) is 59.6 Å². The molecule has 178 valence electrons. The van der Waals surface area contributed by atoms with Gasteiger partial charge in [-0.15, -0.1) is 0 Å². The molecule has 0 N–H and O–H groups in total. The zero-order chi connectivity index (χ0) is 23.4. The fraction of sp³-hybridized carbons (Fsp3) is 0.458. The van der Waals surface area contributed by atoms with Crippen molar-refractivity contribution in [3.8, 4) is 0 Å². The number of carbonyl (C=O) groups is 1. The lowest BCUT2D eigenvalue weighted by Gasteiger charge is -2.38. The van der Waals surface area contributed by atoms with E-state index in [2.05, 4.69) is 17.0 Å². The summed E-state index contributed by atoms with van der Waals surface area (Å²) in [6, 6.07) is 15.2. The van der Waals surface area contributed by atoms with Crippen LogP contribution in [0.15, 0.2) is 48.5 Å². The molecule has 0 atom stereocenters. The molecule has 6 nitrogen and oxygen atoms in total. The minimum atomic E-state index is -3.48. The van der Waals surface area contributed by atoms with Crippen molar-refractivity contribution in [3.63, 3.8) is 0 Å². The summed E-state index contributed by atoms with van der Waals surface area (Å²) in [5.74, 6) is -0.0655. The summed E-state index contributed by atoms with van der Waals surface area (Å²) in [7, 11) is -3.48. The molecule has 2 aromatic rings. The van der Waals surface area contributed by atoms with Crippen molar-refractivity contribution in [2.75, 3.05) is 39.3 Å². The summed E-state index contributed by atoms with van der Waals surface area (Å²) in [5, 5.41) is 0.746. The number of sulfonamides is 1. The summed E-state index contributed by atoms with van der Waals surface area (Å²) in [4.78, 5) is 17.4. The Morgan fingerprint density at radius 1 is 0.848 bits per heavy atom. The van der Waals surface area contributed by atoms with Gasteiger partial charge in [0.2, 0.25) is 15.9 Å². The molecule has 1 amide bonds. The van der Waals surface area contributed by atoms with Crippen molar-refractivity contribution >= 4 is 39.1 Å². The zero-order valence-corrected chi connectivity index (χ0v) is 20.8. The highest BCUT2D eigenvalue weighted by molar-refractivity contribution is 7.88. The molecule has 2 fully saturated rings. The summed E-state index contributed by atoms with van der Waals surface area (Å²) < 4.78 is 27.2. The van der Waals surface area contributed by atoms with Crippen LogP contribution in [0.2, 0.25) is 10.0 Å².